The third-order valence-corrected chi connectivity index (χ3v) is 3.27. The molecule has 0 aliphatic heterocycles. The lowest BCUT2D eigenvalue weighted by molar-refractivity contribution is -0.139. The Balaban J connectivity index is 2.29. The van der Waals surface area contributed by atoms with Gasteiger partial charge >= 0.3 is 11.9 Å². The summed E-state index contributed by atoms with van der Waals surface area (Å²) in [6.07, 6.45) is -0.361. The van der Waals surface area contributed by atoms with Crippen LogP contribution in [0.1, 0.15) is 18.5 Å². The van der Waals surface area contributed by atoms with Gasteiger partial charge in [-0.05, 0) is 25.5 Å². The average Bonchev–Trinajstić information content (AvgIpc) is 2.50. The molecule has 0 bridgehead atoms. The number of hydrogen-bond acceptors (Lipinski definition) is 6. The number of anilines is 1. The van der Waals surface area contributed by atoms with E-state index in [0.29, 0.717) is 11.3 Å². The van der Waals surface area contributed by atoms with Crippen molar-refractivity contribution in [3.63, 3.8) is 0 Å². The van der Waals surface area contributed by atoms with E-state index in [4.69, 9.17) is 5.11 Å². The van der Waals surface area contributed by atoms with Crippen LogP contribution in [-0.2, 0) is 9.59 Å². The van der Waals surface area contributed by atoms with Crippen molar-refractivity contribution < 1.29 is 24.9 Å². The third kappa shape index (κ3) is 4.42. The molecule has 8 nitrogen and oxygen atoms in total. The van der Waals surface area contributed by atoms with E-state index in [1.807, 2.05) is 0 Å². The second-order valence-electron chi connectivity index (χ2n) is 5.20. The van der Waals surface area contributed by atoms with Gasteiger partial charge in [0.1, 0.15) is 17.6 Å². The Bertz CT molecular complexity index is 763. The molecule has 0 radical (unpaired) electrons. The number of carboxylic acid groups (broad SMARTS) is 2. The second kappa shape index (κ2) is 7.40. The van der Waals surface area contributed by atoms with E-state index < -0.39 is 18.0 Å². The number of phenolic OH excluding ortho intramolecular Hbond substituents is 1. The molecule has 0 amide bonds. The molecule has 1 heterocycles. The Labute approximate surface area is 137 Å². The smallest absolute Gasteiger partial charge is 0.326 e. The number of aliphatic carboxylic acids is 2. The van der Waals surface area contributed by atoms with Crippen LogP contribution in [0.15, 0.2) is 30.3 Å². The van der Waals surface area contributed by atoms with Crippen LogP contribution >= 0.6 is 0 Å². The van der Waals surface area contributed by atoms with Crippen molar-refractivity contribution in [2.45, 2.75) is 25.8 Å². The number of rotatable bonds is 7. The molecule has 0 saturated heterocycles. The van der Waals surface area contributed by atoms with Crippen molar-refractivity contribution in [1.82, 2.24) is 9.97 Å². The highest BCUT2D eigenvalue weighted by Crippen LogP contribution is 2.27. The first-order valence-corrected chi connectivity index (χ1v) is 7.22. The van der Waals surface area contributed by atoms with Gasteiger partial charge in [-0.1, -0.05) is 12.1 Å². The zero-order chi connectivity index (χ0) is 17.7. The highest BCUT2D eigenvalue weighted by molar-refractivity contribution is 5.78. The maximum Gasteiger partial charge on any atom is 0.326 e. The van der Waals surface area contributed by atoms with Crippen molar-refractivity contribution in [3.8, 4) is 17.1 Å². The predicted octanol–water partition coefficient (Wildman–Crippen LogP) is 1.89. The van der Waals surface area contributed by atoms with Crippen LogP contribution in [0.2, 0.25) is 0 Å². The van der Waals surface area contributed by atoms with Crippen LogP contribution in [0.3, 0.4) is 0 Å². The summed E-state index contributed by atoms with van der Waals surface area (Å²) < 4.78 is 0. The summed E-state index contributed by atoms with van der Waals surface area (Å²) in [5.74, 6) is -1.74. The van der Waals surface area contributed by atoms with Crippen LogP contribution < -0.4 is 5.32 Å². The highest BCUT2D eigenvalue weighted by Gasteiger charge is 2.20. The third-order valence-electron chi connectivity index (χ3n) is 3.27. The minimum absolute atomic E-state index is 0.00899. The molecular weight excluding hydrogens is 314 g/mol. The Kier molecular flexibility index (Phi) is 5.31. The van der Waals surface area contributed by atoms with Gasteiger partial charge in [0, 0.05) is 18.2 Å². The molecule has 2 aromatic rings. The Morgan fingerprint density at radius 2 is 1.92 bits per heavy atom. The lowest BCUT2D eigenvalue weighted by atomic mass is 10.1. The van der Waals surface area contributed by atoms with E-state index in [0.717, 1.165) is 0 Å². The van der Waals surface area contributed by atoms with E-state index >= 15 is 0 Å². The zero-order valence-corrected chi connectivity index (χ0v) is 12.9. The lowest BCUT2D eigenvalue weighted by Crippen LogP contribution is -2.30. The van der Waals surface area contributed by atoms with Gasteiger partial charge in [0.15, 0.2) is 5.82 Å². The van der Waals surface area contributed by atoms with E-state index in [2.05, 4.69) is 15.3 Å². The number of benzene rings is 1. The first-order valence-electron chi connectivity index (χ1n) is 7.22. The standard InChI is InChI=1S/C16H17N3O5/c1-9-8-13(18-11(16(23)24)6-7-14(21)22)19-15(17-9)10-4-2-3-5-12(10)20/h2-5,8,11,20H,6-7H2,1H3,(H,21,22)(H,23,24)(H,17,18,19)/t11-/m0/s1. The number of nitrogens with zero attached hydrogens (tertiary/aromatic N) is 2. The van der Waals surface area contributed by atoms with Crippen LogP contribution in [0.4, 0.5) is 5.82 Å². The molecule has 0 spiro atoms. The fourth-order valence-electron chi connectivity index (χ4n) is 2.13. The minimum Gasteiger partial charge on any atom is -0.507 e. The van der Waals surface area contributed by atoms with Crippen LogP contribution in [0.25, 0.3) is 11.4 Å². The molecule has 24 heavy (non-hydrogen) atoms. The number of aromatic hydroxyl groups is 1. The summed E-state index contributed by atoms with van der Waals surface area (Å²) in [6.45, 7) is 1.71. The summed E-state index contributed by atoms with van der Waals surface area (Å²) in [4.78, 5) is 30.4. The number of aryl methyl sites for hydroxylation is 1. The van der Waals surface area contributed by atoms with Gasteiger partial charge in [-0.3, -0.25) is 4.79 Å². The zero-order valence-electron chi connectivity index (χ0n) is 12.9. The average molecular weight is 331 g/mol. The molecule has 0 unspecified atom stereocenters. The molecule has 1 aromatic carbocycles. The Hall–Kier alpha value is -3.16. The fourth-order valence-corrected chi connectivity index (χ4v) is 2.13. The van der Waals surface area contributed by atoms with Gasteiger partial charge in [-0.25, -0.2) is 14.8 Å². The highest BCUT2D eigenvalue weighted by atomic mass is 16.4. The number of hydrogen-bond donors (Lipinski definition) is 4. The van der Waals surface area contributed by atoms with E-state index in [-0.39, 0.29) is 30.2 Å². The number of nitrogens with one attached hydrogen (secondary N) is 1. The number of carbonyl (C=O) groups is 2. The van der Waals surface area contributed by atoms with Crippen LogP contribution in [0, 0.1) is 6.92 Å². The summed E-state index contributed by atoms with van der Waals surface area (Å²) in [5.41, 5.74) is 0.995. The number of carboxylic acids is 2. The summed E-state index contributed by atoms with van der Waals surface area (Å²) in [7, 11) is 0. The van der Waals surface area contributed by atoms with Crippen LogP contribution in [-0.4, -0.2) is 43.3 Å². The Morgan fingerprint density at radius 1 is 1.21 bits per heavy atom. The monoisotopic (exact) mass is 331 g/mol. The molecule has 4 N–H and O–H groups in total. The molecule has 0 fully saturated rings. The largest absolute Gasteiger partial charge is 0.507 e. The van der Waals surface area contributed by atoms with Crippen molar-refractivity contribution >= 4 is 17.8 Å². The number of para-hydroxylation sites is 1. The van der Waals surface area contributed by atoms with Gasteiger partial charge in [0.2, 0.25) is 0 Å². The predicted molar refractivity (Wildman–Crippen MR) is 85.8 cm³/mol. The quantitative estimate of drug-likeness (QED) is 0.604. The maximum absolute atomic E-state index is 11.3. The van der Waals surface area contributed by atoms with Crippen molar-refractivity contribution in [3.05, 3.63) is 36.0 Å². The molecule has 8 heteroatoms. The lowest BCUT2D eigenvalue weighted by Gasteiger charge is -2.15. The van der Waals surface area contributed by atoms with Gasteiger partial charge in [0.05, 0.1) is 5.56 Å². The van der Waals surface area contributed by atoms with Gasteiger partial charge < -0.3 is 20.6 Å². The molecule has 2 rings (SSSR count). The van der Waals surface area contributed by atoms with E-state index in [1.54, 1.807) is 31.2 Å². The van der Waals surface area contributed by atoms with E-state index in [1.165, 1.54) is 6.07 Å². The molecule has 1 aromatic heterocycles. The molecular formula is C16H17N3O5. The molecule has 0 aliphatic rings. The summed E-state index contributed by atoms with van der Waals surface area (Å²) in [6, 6.07) is 7.00. The first-order chi connectivity index (χ1) is 11.4. The maximum atomic E-state index is 11.3. The van der Waals surface area contributed by atoms with Crippen molar-refractivity contribution in [1.29, 1.82) is 0 Å². The Morgan fingerprint density at radius 3 is 2.54 bits per heavy atom. The van der Waals surface area contributed by atoms with Gasteiger partial charge in [0.25, 0.3) is 0 Å². The molecule has 0 aliphatic carbocycles. The number of phenols is 1. The SMILES string of the molecule is Cc1cc(N[C@@H](CCC(=O)O)C(=O)O)nc(-c2ccccc2O)n1. The summed E-state index contributed by atoms with van der Waals surface area (Å²) in [5, 5.41) is 30.5. The number of aromatic nitrogens is 2. The van der Waals surface area contributed by atoms with E-state index in [9.17, 15) is 19.8 Å². The van der Waals surface area contributed by atoms with Crippen LogP contribution in [0.5, 0.6) is 5.75 Å². The topological polar surface area (TPSA) is 133 Å². The van der Waals surface area contributed by atoms with Crippen molar-refractivity contribution in [2.24, 2.45) is 0 Å². The molecule has 1 atom stereocenters. The first kappa shape index (κ1) is 17.2. The molecule has 0 saturated carbocycles. The fraction of sp³-hybridized carbons (Fsp3) is 0.250. The van der Waals surface area contributed by atoms with Gasteiger partial charge in [-0.15, -0.1) is 0 Å². The minimum atomic E-state index is -1.17. The van der Waals surface area contributed by atoms with Gasteiger partial charge in [-0.2, -0.15) is 0 Å². The second-order valence-corrected chi connectivity index (χ2v) is 5.20. The van der Waals surface area contributed by atoms with Crippen molar-refractivity contribution in [2.75, 3.05) is 5.32 Å². The normalized spacial score (nSPS) is 11.7. The molecule has 126 valence electrons. The summed E-state index contributed by atoms with van der Waals surface area (Å²) >= 11 is 0.